The van der Waals surface area contributed by atoms with Crippen molar-refractivity contribution in [3.05, 3.63) is 63.0 Å². The van der Waals surface area contributed by atoms with Crippen molar-refractivity contribution >= 4 is 50.9 Å². The SMILES string of the molecule is COc1ccc2c(c1)C(=O)N(C[C@@]1(C#Cc3sc4ccc(Cl)cc4c3C)NC(=O)NC1=O)C2. The van der Waals surface area contributed by atoms with E-state index in [9.17, 15) is 14.4 Å². The lowest BCUT2D eigenvalue weighted by Crippen LogP contribution is -2.54. The molecule has 2 N–H and O–H groups in total. The minimum atomic E-state index is -1.56. The van der Waals surface area contributed by atoms with E-state index in [1.165, 1.54) is 23.3 Å². The number of carbonyl (C=O) groups is 3. The number of hydrogen-bond donors (Lipinski definition) is 2. The highest BCUT2D eigenvalue weighted by Gasteiger charge is 2.48. The molecule has 0 spiro atoms. The van der Waals surface area contributed by atoms with Crippen molar-refractivity contribution in [1.29, 1.82) is 0 Å². The van der Waals surface area contributed by atoms with E-state index in [1.54, 1.807) is 12.1 Å². The summed E-state index contributed by atoms with van der Waals surface area (Å²) in [7, 11) is 1.53. The zero-order chi connectivity index (χ0) is 23.3. The number of imide groups is 1. The smallest absolute Gasteiger partial charge is 0.323 e. The first kappa shape index (κ1) is 21.3. The standard InChI is InChI=1S/C24H18ClN3O4S/c1-13-17-9-15(25)4-6-20(17)33-19(13)7-8-24(22(30)26-23(31)27-24)12-28-11-14-3-5-16(32-2)10-18(14)21(28)29/h3-6,9-10H,11-12H2,1-2H3,(H2,26,27,30,31)/t24-/m1/s1. The highest BCUT2D eigenvalue weighted by Crippen LogP contribution is 2.33. The molecule has 0 unspecified atom stereocenters. The van der Waals surface area contributed by atoms with E-state index >= 15 is 0 Å². The van der Waals surface area contributed by atoms with E-state index < -0.39 is 17.5 Å². The van der Waals surface area contributed by atoms with Gasteiger partial charge in [-0.05, 0) is 53.8 Å². The minimum Gasteiger partial charge on any atom is -0.497 e. The molecule has 0 bridgehead atoms. The summed E-state index contributed by atoms with van der Waals surface area (Å²) in [4.78, 5) is 40.2. The first-order valence-electron chi connectivity index (χ1n) is 10.1. The third-order valence-electron chi connectivity index (χ3n) is 5.85. The van der Waals surface area contributed by atoms with Gasteiger partial charge in [0, 0.05) is 21.8 Å². The van der Waals surface area contributed by atoms with Gasteiger partial charge in [-0.15, -0.1) is 11.3 Å². The molecule has 2 aliphatic rings. The number of amides is 4. The van der Waals surface area contributed by atoms with Crippen molar-refractivity contribution in [2.45, 2.75) is 19.0 Å². The Kier molecular flexibility index (Phi) is 5.04. The Labute approximate surface area is 198 Å². The lowest BCUT2D eigenvalue weighted by molar-refractivity contribution is -0.122. The fourth-order valence-corrected chi connectivity index (χ4v) is 5.30. The molecule has 7 nitrogen and oxygen atoms in total. The van der Waals surface area contributed by atoms with E-state index in [0.29, 0.717) is 22.9 Å². The molecule has 5 rings (SSSR count). The van der Waals surface area contributed by atoms with Gasteiger partial charge in [-0.3, -0.25) is 14.9 Å². The largest absolute Gasteiger partial charge is 0.497 e. The Bertz CT molecular complexity index is 1420. The minimum absolute atomic E-state index is 0.0802. The number of rotatable bonds is 3. The zero-order valence-electron chi connectivity index (χ0n) is 17.7. The molecule has 1 fully saturated rings. The quantitative estimate of drug-likeness (QED) is 0.445. The fraction of sp³-hybridized carbons (Fsp3) is 0.208. The number of nitrogens with one attached hydrogen (secondary N) is 2. The van der Waals surface area contributed by atoms with Crippen LogP contribution in [0, 0.1) is 18.8 Å². The van der Waals surface area contributed by atoms with Crippen LogP contribution < -0.4 is 15.4 Å². The summed E-state index contributed by atoms with van der Waals surface area (Å²) >= 11 is 7.61. The number of hydrogen-bond acceptors (Lipinski definition) is 5. The van der Waals surface area contributed by atoms with Crippen LogP contribution in [0.4, 0.5) is 4.79 Å². The molecule has 4 amide bonds. The maximum absolute atomic E-state index is 13.0. The molecule has 2 aromatic carbocycles. The van der Waals surface area contributed by atoms with Crippen molar-refractivity contribution < 1.29 is 19.1 Å². The van der Waals surface area contributed by atoms with Gasteiger partial charge in [-0.1, -0.05) is 29.5 Å². The third-order valence-corrected chi connectivity index (χ3v) is 7.28. The van der Waals surface area contributed by atoms with Gasteiger partial charge in [0.05, 0.1) is 18.5 Å². The molecular weight excluding hydrogens is 462 g/mol. The Morgan fingerprint density at radius 3 is 2.76 bits per heavy atom. The first-order valence-corrected chi connectivity index (χ1v) is 11.3. The lowest BCUT2D eigenvalue weighted by atomic mass is 9.99. The number of carbonyl (C=O) groups excluding carboxylic acids is 3. The number of halogens is 1. The highest BCUT2D eigenvalue weighted by atomic mass is 35.5. The second kappa shape index (κ2) is 7.80. The Balaban J connectivity index is 1.50. The predicted octanol–water partition coefficient (Wildman–Crippen LogP) is 3.46. The predicted molar refractivity (Wildman–Crippen MR) is 126 cm³/mol. The maximum atomic E-state index is 13.0. The van der Waals surface area contributed by atoms with Crippen LogP contribution in [0.2, 0.25) is 5.02 Å². The van der Waals surface area contributed by atoms with Crippen molar-refractivity contribution in [3.63, 3.8) is 0 Å². The van der Waals surface area contributed by atoms with Crippen LogP contribution >= 0.6 is 22.9 Å². The van der Waals surface area contributed by atoms with E-state index in [0.717, 1.165) is 26.1 Å². The van der Waals surface area contributed by atoms with Crippen molar-refractivity contribution in [3.8, 4) is 17.6 Å². The fourth-order valence-electron chi connectivity index (χ4n) is 4.09. The van der Waals surface area contributed by atoms with Crippen LogP contribution in [-0.4, -0.2) is 41.9 Å². The average molecular weight is 480 g/mol. The van der Waals surface area contributed by atoms with Gasteiger partial charge in [-0.25, -0.2) is 4.79 Å². The normalized spacial score (nSPS) is 19.2. The van der Waals surface area contributed by atoms with Crippen molar-refractivity contribution in [2.75, 3.05) is 13.7 Å². The molecule has 1 atom stereocenters. The number of fused-ring (bicyclic) bond motifs is 2. The molecule has 0 saturated carbocycles. The van der Waals surface area contributed by atoms with Crippen LogP contribution in [0.3, 0.4) is 0 Å². The first-order chi connectivity index (χ1) is 15.8. The van der Waals surface area contributed by atoms with Crippen LogP contribution in [0.15, 0.2) is 36.4 Å². The topological polar surface area (TPSA) is 87.7 Å². The van der Waals surface area contributed by atoms with E-state index in [-0.39, 0.29) is 12.5 Å². The average Bonchev–Trinajstić information content (AvgIpc) is 3.38. The monoisotopic (exact) mass is 479 g/mol. The van der Waals surface area contributed by atoms with Gasteiger partial charge in [0.2, 0.25) is 5.54 Å². The maximum Gasteiger partial charge on any atom is 0.323 e. The molecule has 3 aromatic rings. The van der Waals surface area contributed by atoms with Crippen LogP contribution in [0.5, 0.6) is 5.75 Å². The zero-order valence-corrected chi connectivity index (χ0v) is 19.3. The Morgan fingerprint density at radius 1 is 1.21 bits per heavy atom. The summed E-state index contributed by atoms with van der Waals surface area (Å²) in [6, 6.07) is 10.3. The van der Waals surface area contributed by atoms with Gasteiger partial charge in [0.15, 0.2) is 0 Å². The highest BCUT2D eigenvalue weighted by molar-refractivity contribution is 7.19. The molecular formula is C24H18ClN3O4S. The Hall–Kier alpha value is -3.54. The van der Waals surface area contributed by atoms with Gasteiger partial charge in [-0.2, -0.15) is 0 Å². The van der Waals surface area contributed by atoms with E-state index in [1.807, 2.05) is 31.2 Å². The van der Waals surface area contributed by atoms with E-state index in [4.69, 9.17) is 16.3 Å². The van der Waals surface area contributed by atoms with Crippen LogP contribution in [0.1, 0.15) is 26.4 Å². The lowest BCUT2D eigenvalue weighted by Gasteiger charge is -2.26. The Morgan fingerprint density at radius 2 is 2.03 bits per heavy atom. The second-order valence-electron chi connectivity index (χ2n) is 7.94. The summed E-state index contributed by atoms with van der Waals surface area (Å²) < 4.78 is 6.24. The number of thiophene rings is 1. The van der Waals surface area contributed by atoms with Gasteiger partial charge < -0.3 is 15.0 Å². The second-order valence-corrected chi connectivity index (χ2v) is 9.43. The van der Waals surface area contributed by atoms with Gasteiger partial charge in [0.1, 0.15) is 5.75 Å². The van der Waals surface area contributed by atoms with E-state index in [2.05, 4.69) is 22.5 Å². The van der Waals surface area contributed by atoms with Gasteiger partial charge in [0.25, 0.3) is 11.8 Å². The van der Waals surface area contributed by atoms with Crippen molar-refractivity contribution in [1.82, 2.24) is 15.5 Å². The van der Waals surface area contributed by atoms with Crippen molar-refractivity contribution in [2.24, 2.45) is 0 Å². The molecule has 1 aromatic heterocycles. The number of aryl methyl sites for hydroxylation is 1. The number of benzene rings is 2. The van der Waals surface area contributed by atoms with Crippen LogP contribution in [0.25, 0.3) is 10.1 Å². The molecule has 33 heavy (non-hydrogen) atoms. The molecule has 0 radical (unpaired) electrons. The molecule has 166 valence electrons. The molecule has 1 saturated heterocycles. The molecule has 3 heterocycles. The summed E-state index contributed by atoms with van der Waals surface area (Å²) in [5, 5.41) is 6.52. The summed E-state index contributed by atoms with van der Waals surface area (Å²) in [5.74, 6) is 5.80. The molecule has 2 aliphatic heterocycles. The summed E-state index contributed by atoms with van der Waals surface area (Å²) in [6.45, 7) is 2.17. The number of ether oxygens (including phenoxy) is 1. The summed E-state index contributed by atoms with van der Waals surface area (Å²) in [6.07, 6.45) is 0. The number of methoxy groups -OCH3 is 1. The molecule has 0 aliphatic carbocycles. The van der Waals surface area contributed by atoms with Gasteiger partial charge >= 0.3 is 6.03 Å². The van der Waals surface area contributed by atoms with Crippen LogP contribution in [-0.2, 0) is 11.3 Å². The number of urea groups is 1. The summed E-state index contributed by atoms with van der Waals surface area (Å²) in [5.41, 5.74) is 0.728. The molecule has 9 heteroatoms. The third kappa shape index (κ3) is 3.59. The number of nitrogens with zero attached hydrogens (tertiary/aromatic N) is 1.